The Bertz CT molecular complexity index is 191. The number of hydrogen-bond donors (Lipinski definition) is 1. The van der Waals surface area contributed by atoms with Crippen molar-refractivity contribution < 1.29 is 4.74 Å². The molecule has 0 aliphatic heterocycles. The standard InChI is InChI=1S/C14H29NO/c1-12-9-13(11-14(2,3)10-12)16-8-6-5-7-15-4/h12-13,15H,5-11H2,1-4H3. The van der Waals surface area contributed by atoms with Crippen molar-refractivity contribution >= 4 is 0 Å². The summed E-state index contributed by atoms with van der Waals surface area (Å²) in [5.41, 5.74) is 0.479. The minimum Gasteiger partial charge on any atom is -0.378 e. The highest BCUT2D eigenvalue weighted by Crippen LogP contribution is 2.39. The van der Waals surface area contributed by atoms with Crippen LogP contribution in [0.5, 0.6) is 0 Å². The second-order valence-electron chi connectivity index (χ2n) is 6.22. The number of rotatable bonds is 6. The first kappa shape index (κ1) is 14.0. The van der Waals surface area contributed by atoms with Crippen LogP contribution in [-0.2, 0) is 4.74 Å². The summed E-state index contributed by atoms with van der Waals surface area (Å²) in [6.45, 7) is 9.16. The molecule has 0 aromatic heterocycles. The largest absolute Gasteiger partial charge is 0.378 e. The quantitative estimate of drug-likeness (QED) is 0.704. The maximum absolute atomic E-state index is 6.01. The summed E-state index contributed by atoms with van der Waals surface area (Å²) in [5, 5.41) is 3.17. The highest BCUT2D eigenvalue weighted by atomic mass is 16.5. The Morgan fingerprint density at radius 3 is 2.62 bits per heavy atom. The topological polar surface area (TPSA) is 21.3 Å². The lowest BCUT2D eigenvalue weighted by Gasteiger charge is -2.38. The maximum Gasteiger partial charge on any atom is 0.0582 e. The van der Waals surface area contributed by atoms with Gasteiger partial charge in [0.15, 0.2) is 0 Å². The molecule has 1 aliphatic carbocycles. The number of hydrogen-bond acceptors (Lipinski definition) is 2. The maximum atomic E-state index is 6.01. The van der Waals surface area contributed by atoms with Gasteiger partial charge in [-0.2, -0.15) is 0 Å². The highest BCUT2D eigenvalue weighted by Gasteiger charge is 2.32. The van der Waals surface area contributed by atoms with Crippen LogP contribution in [0.1, 0.15) is 52.9 Å². The first-order valence-corrected chi connectivity index (χ1v) is 6.80. The van der Waals surface area contributed by atoms with Crippen LogP contribution in [0.15, 0.2) is 0 Å². The monoisotopic (exact) mass is 227 g/mol. The molecule has 0 aromatic carbocycles. The second kappa shape index (κ2) is 6.61. The fraction of sp³-hybridized carbons (Fsp3) is 1.00. The molecule has 0 amide bonds. The molecular formula is C14H29NO. The molecule has 1 saturated carbocycles. The van der Waals surface area contributed by atoms with E-state index in [0.29, 0.717) is 11.5 Å². The van der Waals surface area contributed by atoms with Crippen LogP contribution in [0.25, 0.3) is 0 Å². The van der Waals surface area contributed by atoms with E-state index < -0.39 is 0 Å². The minimum atomic E-state index is 0.479. The van der Waals surface area contributed by atoms with E-state index in [0.717, 1.165) is 19.1 Å². The lowest BCUT2D eigenvalue weighted by atomic mass is 9.71. The van der Waals surface area contributed by atoms with Gasteiger partial charge >= 0.3 is 0 Å². The smallest absolute Gasteiger partial charge is 0.0582 e. The lowest BCUT2D eigenvalue weighted by molar-refractivity contribution is -0.0238. The summed E-state index contributed by atoms with van der Waals surface area (Å²) in [7, 11) is 2.01. The van der Waals surface area contributed by atoms with E-state index >= 15 is 0 Å². The molecule has 1 rings (SSSR count). The molecule has 0 heterocycles. The van der Waals surface area contributed by atoms with Gasteiger partial charge in [-0.15, -0.1) is 0 Å². The van der Waals surface area contributed by atoms with E-state index in [9.17, 15) is 0 Å². The van der Waals surface area contributed by atoms with Crippen LogP contribution >= 0.6 is 0 Å². The van der Waals surface area contributed by atoms with Gasteiger partial charge in [-0.05, 0) is 57.0 Å². The Kier molecular flexibility index (Phi) is 5.77. The van der Waals surface area contributed by atoms with E-state index in [1.54, 1.807) is 0 Å². The van der Waals surface area contributed by atoms with Crippen molar-refractivity contribution in [3.8, 4) is 0 Å². The molecule has 0 saturated heterocycles. The molecule has 0 spiro atoms. The molecule has 2 heteroatoms. The highest BCUT2D eigenvalue weighted by molar-refractivity contribution is 4.83. The Morgan fingerprint density at radius 1 is 1.25 bits per heavy atom. The van der Waals surface area contributed by atoms with Gasteiger partial charge in [-0.25, -0.2) is 0 Å². The zero-order valence-electron chi connectivity index (χ0n) is 11.5. The summed E-state index contributed by atoms with van der Waals surface area (Å²) in [6, 6.07) is 0. The van der Waals surface area contributed by atoms with Gasteiger partial charge in [0.25, 0.3) is 0 Å². The lowest BCUT2D eigenvalue weighted by Crippen LogP contribution is -2.32. The molecule has 1 N–H and O–H groups in total. The molecule has 0 radical (unpaired) electrons. The molecule has 2 unspecified atom stereocenters. The second-order valence-corrected chi connectivity index (χ2v) is 6.22. The molecule has 16 heavy (non-hydrogen) atoms. The molecule has 2 atom stereocenters. The van der Waals surface area contributed by atoms with Crippen molar-refractivity contribution in [3.05, 3.63) is 0 Å². The van der Waals surface area contributed by atoms with Crippen LogP contribution in [0, 0.1) is 11.3 Å². The fourth-order valence-corrected chi connectivity index (χ4v) is 3.04. The van der Waals surface area contributed by atoms with Crippen molar-refractivity contribution in [1.29, 1.82) is 0 Å². The van der Waals surface area contributed by atoms with Crippen LogP contribution in [0.2, 0.25) is 0 Å². The minimum absolute atomic E-state index is 0.479. The zero-order chi connectivity index (χ0) is 12.0. The third-order valence-corrected chi connectivity index (χ3v) is 3.52. The van der Waals surface area contributed by atoms with Crippen molar-refractivity contribution in [3.63, 3.8) is 0 Å². The van der Waals surface area contributed by atoms with E-state index in [1.165, 1.54) is 32.1 Å². The molecule has 1 fully saturated rings. The van der Waals surface area contributed by atoms with Gasteiger partial charge < -0.3 is 10.1 Å². The number of ether oxygens (including phenoxy) is 1. The third-order valence-electron chi connectivity index (χ3n) is 3.52. The van der Waals surface area contributed by atoms with E-state index in [-0.39, 0.29) is 0 Å². The first-order chi connectivity index (χ1) is 7.53. The Morgan fingerprint density at radius 2 is 2.00 bits per heavy atom. The van der Waals surface area contributed by atoms with E-state index in [4.69, 9.17) is 4.74 Å². The van der Waals surface area contributed by atoms with Gasteiger partial charge in [0.1, 0.15) is 0 Å². The molecule has 0 bridgehead atoms. The predicted molar refractivity (Wildman–Crippen MR) is 69.7 cm³/mol. The Balaban J connectivity index is 2.16. The predicted octanol–water partition coefficient (Wildman–Crippen LogP) is 3.22. The number of nitrogens with one attached hydrogen (secondary N) is 1. The van der Waals surface area contributed by atoms with Gasteiger partial charge in [-0.1, -0.05) is 20.8 Å². The summed E-state index contributed by atoms with van der Waals surface area (Å²) in [6.07, 6.45) is 6.77. The molecule has 1 aliphatic rings. The van der Waals surface area contributed by atoms with Crippen LogP contribution in [0.4, 0.5) is 0 Å². The molecular weight excluding hydrogens is 198 g/mol. The van der Waals surface area contributed by atoms with Crippen molar-refractivity contribution in [2.75, 3.05) is 20.2 Å². The van der Waals surface area contributed by atoms with Crippen LogP contribution in [0.3, 0.4) is 0 Å². The van der Waals surface area contributed by atoms with Crippen LogP contribution < -0.4 is 5.32 Å². The Hall–Kier alpha value is -0.0800. The molecule has 0 aromatic rings. The summed E-state index contributed by atoms with van der Waals surface area (Å²) in [4.78, 5) is 0. The molecule has 2 nitrogen and oxygen atoms in total. The Labute approximate surface area is 101 Å². The van der Waals surface area contributed by atoms with E-state index in [2.05, 4.69) is 26.1 Å². The third kappa shape index (κ3) is 5.31. The average Bonchev–Trinajstić information content (AvgIpc) is 2.14. The zero-order valence-corrected chi connectivity index (χ0v) is 11.5. The SMILES string of the molecule is CNCCCCOC1CC(C)CC(C)(C)C1. The van der Waals surface area contributed by atoms with Crippen molar-refractivity contribution in [1.82, 2.24) is 5.32 Å². The normalized spacial score (nSPS) is 29.2. The van der Waals surface area contributed by atoms with Gasteiger partial charge in [-0.3, -0.25) is 0 Å². The van der Waals surface area contributed by atoms with Gasteiger partial charge in [0, 0.05) is 6.61 Å². The summed E-state index contributed by atoms with van der Waals surface area (Å²) in [5.74, 6) is 0.825. The van der Waals surface area contributed by atoms with Gasteiger partial charge in [0.05, 0.1) is 6.10 Å². The summed E-state index contributed by atoms with van der Waals surface area (Å²) < 4.78 is 6.01. The summed E-state index contributed by atoms with van der Waals surface area (Å²) >= 11 is 0. The fourth-order valence-electron chi connectivity index (χ4n) is 3.04. The van der Waals surface area contributed by atoms with Crippen LogP contribution in [-0.4, -0.2) is 26.3 Å². The first-order valence-electron chi connectivity index (χ1n) is 6.80. The van der Waals surface area contributed by atoms with Crippen molar-refractivity contribution in [2.45, 2.75) is 59.0 Å². The van der Waals surface area contributed by atoms with Gasteiger partial charge in [0.2, 0.25) is 0 Å². The number of unbranched alkanes of at least 4 members (excludes halogenated alkanes) is 1. The van der Waals surface area contributed by atoms with Crippen molar-refractivity contribution in [2.24, 2.45) is 11.3 Å². The molecule has 96 valence electrons. The van der Waals surface area contributed by atoms with E-state index in [1.807, 2.05) is 7.05 Å². The average molecular weight is 227 g/mol.